The molecule has 1 amide bonds. The van der Waals surface area contributed by atoms with Crippen LogP contribution in [0.15, 0.2) is 79.3 Å². The quantitative estimate of drug-likeness (QED) is 0.484. The van der Waals surface area contributed by atoms with E-state index in [0.29, 0.717) is 18.1 Å². The second-order valence-electron chi connectivity index (χ2n) is 7.41. The minimum absolute atomic E-state index is 0.216. The van der Waals surface area contributed by atoms with Crippen LogP contribution in [0.2, 0.25) is 0 Å². The molecule has 0 saturated heterocycles. The van der Waals surface area contributed by atoms with Gasteiger partial charge in [0.1, 0.15) is 23.5 Å². The predicted octanol–water partition coefficient (Wildman–Crippen LogP) is 3.70. The lowest BCUT2D eigenvalue weighted by Crippen LogP contribution is -2.44. The summed E-state index contributed by atoms with van der Waals surface area (Å²) in [4.78, 5) is 23.3. The van der Waals surface area contributed by atoms with E-state index >= 15 is 0 Å². The Morgan fingerprint density at radius 1 is 1.12 bits per heavy atom. The Bertz CT molecular complexity index is 1180. The van der Waals surface area contributed by atoms with Gasteiger partial charge < -0.3 is 10.2 Å². The lowest BCUT2D eigenvalue weighted by molar-refractivity contribution is -0.117. The number of anilines is 2. The van der Waals surface area contributed by atoms with Crippen molar-refractivity contribution in [1.82, 2.24) is 19.7 Å². The number of halogens is 1. The van der Waals surface area contributed by atoms with E-state index in [4.69, 9.17) is 0 Å². The molecule has 4 rings (SSSR count). The molecule has 3 aromatic heterocycles. The third-order valence-electron chi connectivity index (χ3n) is 5.22. The Morgan fingerprint density at radius 3 is 2.56 bits per heavy atom. The van der Waals surface area contributed by atoms with Crippen LogP contribution in [-0.4, -0.2) is 38.7 Å². The summed E-state index contributed by atoms with van der Waals surface area (Å²) in [5.74, 6) is 0.432. The van der Waals surface area contributed by atoms with Crippen molar-refractivity contribution < 1.29 is 9.18 Å². The second-order valence-corrected chi connectivity index (χ2v) is 7.41. The summed E-state index contributed by atoms with van der Waals surface area (Å²) in [5.41, 5.74) is 2.65. The van der Waals surface area contributed by atoms with E-state index in [0.717, 1.165) is 23.0 Å². The highest BCUT2D eigenvalue weighted by Crippen LogP contribution is 2.22. The molecule has 0 unspecified atom stereocenters. The molecule has 0 aliphatic heterocycles. The Morgan fingerprint density at radius 2 is 1.88 bits per heavy atom. The van der Waals surface area contributed by atoms with Gasteiger partial charge in [-0.2, -0.15) is 5.10 Å². The van der Waals surface area contributed by atoms with Gasteiger partial charge in [0.2, 0.25) is 5.91 Å². The predicted molar refractivity (Wildman–Crippen MR) is 122 cm³/mol. The molecule has 162 valence electrons. The first-order chi connectivity index (χ1) is 15.5. The average molecular weight is 430 g/mol. The maximum absolute atomic E-state index is 13.4. The van der Waals surface area contributed by atoms with Gasteiger partial charge in [0.15, 0.2) is 0 Å². The zero-order chi connectivity index (χ0) is 22.5. The van der Waals surface area contributed by atoms with Crippen molar-refractivity contribution in [3.63, 3.8) is 0 Å². The van der Waals surface area contributed by atoms with Crippen molar-refractivity contribution in [2.75, 3.05) is 17.3 Å². The Hall–Kier alpha value is -4.07. The number of nitrogens with one attached hydrogen (secondary N) is 1. The summed E-state index contributed by atoms with van der Waals surface area (Å²) in [6, 6.07) is 17.6. The van der Waals surface area contributed by atoms with Crippen LogP contribution in [0.5, 0.6) is 0 Å². The number of pyridine rings is 2. The van der Waals surface area contributed by atoms with Gasteiger partial charge >= 0.3 is 0 Å². The molecule has 0 aliphatic rings. The molecule has 0 saturated carbocycles. The number of likely N-dealkylation sites (N-methyl/N-ethyl adjacent to an activating group) is 1. The molecule has 8 heteroatoms. The molecule has 32 heavy (non-hydrogen) atoms. The van der Waals surface area contributed by atoms with Crippen LogP contribution < -0.4 is 10.2 Å². The summed E-state index contributed by atoms with van der Waals surface area (Å²) in [6.07, 6.45) is 4.99. The third-order valence-corrected chi connectivity index (χ3v) is 5.22. The fourth-order valence-corrected chi connectivity index (χ4v) is 3.44. The van der Waals surface area contributed by atoms with E-state index in [2.05, 4.69) is 20.4 Å². The van der Waals surface area contributed by atoms with Gasteiger partial charge in [0.25, 0.3) is 0 Å². The van der Waals surface area contributed by atoms with Crippen LogP contribution in [0.3, 0.4) is 0 Å². The van der Waals surface area contributed by atoms with Crippen LogP contribution in [0.1, 0.15) is 5.56 Å². The lowest BCUT2D eigenvalue weighted by atomic mass is 10.0. The van der Waals surface area contributed by atoms with E-state index < -0.39 is 11.9 Å². The number of rotatable bonds is 7. The number of carbonyl (C=O) groups excluding carboxylic acids is 1. The number of aromatic nitrogens is 4. The minimum atomic E-state index is -0.574. The van der Waals surface area contributed by atoms with E-state index in [1.807, 2.05) is 48.5 Å². The van der Waals surface area contributed by atoms with E-state index in [-0.39, 0.29) is 5.91 Å². The topological polar surface area (TPSA) is 75.9 Å². The zero-order valence-corrected chi connectivity index (χ0v) is 17.8. The van der Waals surface area contributed by atoms with Gasteiger partial charge in [-0.05, 0) is 29.8 Å². The van der Waals surface area contributed by atoms with Gasteiger partial charge in [-0.25, -0.2) is 9.37 Å². The molecular weight excluding hydrogens is 407 g/mol. The van der Waals surface area contributed by atoms with Crippen LogP contribution in [0, 0.1) is 5.82 Å². The number of hydrogen-bond donors (Lipinski definition) is 1. The summed E-state index contributed by atoms with van der Waals surface area (Å²) < 4.78 is 15.0. The highest BCUT2D eigenvalue weighted by atomic mass is 19.1. The van der Waals surface area contributed by atoms with Crippen LogP contribution in [0.4, 0.5) is 16.0 Å². The SMILES string of the molecule is CN(c1ccc(F)cn1)[C@@H](Cc1ccccc1)C(=O)Nc1cc(-c2ccncc2)nn1C. The molecular formula is C24H23FN6O. The van der Waals surface area contributed by atoms with Gasteiger partial charge in [0, 0.05) is 44.5 Å². The van der Waals surface area contributed by atoms with Crippen molar-refractivity contribution in [3.05, 3.63) is 90.6 Å². The smallest absolute Gasteiger partial charge is 0.248 e. The molecule has 0 aliphatic carbocycles. The lowest BCUT2D eigenvalue weighted by Gasteiger charge is -2.28. The standard InChI is InChI=1S/C24H23FN6O/c1-30(22-9-8-19(25)16-27-22)21(14-17-6-4-3-5-7-17)24(32)28-23-15-20(29-31(23)2)18-10-12-26-13-11-18/h3-13,15-16,21H,14H2,1-2H3,(H,28,32)/t21-/m0/s1. The summed E-state index contributed by atoms with van der Waals surface area (Å²) >= 11 is 0. The molecule has 1 aromatic carbocycles. The van der Waals surface area contributed by atoms with E-state index in [9.17, 15) is 9.18 Å². The Balaban J connectivity index is 1.60. The minimum Gasteiger partial charge on any atom is -0.347 e. The van der Waals surface area contributed by atoms with Crippen molar-refractivity contribution in [2.24, 2.45) is 7.05 Å². The van der Waals surface area contributed by atoms with Crippen LogP contribution >= 0.6 is 0 Å². The highest BCUT2D eigenvalue weighted by molar-refractivity contribution is 5.96. The van der Waals surface area contributed by atoms with E-state index in [1.54, 1.807) is 42.1 Å². The fraction of sp³-hybridized carbons (Fsp3) is 0.167. The molecule has 1 atom stereocenters. The molecule has 4 aromatic rings. The summed E-state index contributed by atoms with van der Waals surface area (Å²) in [5, 5.41) is 7.48. The summed E-state index contributed by atoms with van der Waals surface area (Å²) in [7, 11) is 3.55. The molecule has 0 fully saturated rings. The fourth-order valence-electron chi connectivity index (χ4n) is 3.44. The van der Waals surface area contributed by atoms with Gasteiger partial charge in [-0.1, -0.05) is 30.3 Å². The monoisotopic (exact) mass is 430 g/mol. The first-order valence-corrected chi connectivity index (χ1v) is 10.1. The zero-order valence-electron chi connectivity index (χ0n) is 17.8. The van der Waals surface area contributed by atoms with Crippen LogP contribution in [0.25, 0.3) is 11.3 Å². The maximum atomic E-state index is 13.4. The van der Waals surface area contributed by atoms with Crippen molar-refractivity contribution in [3.8, 4) is 11.3 Å². The van der Waals surface area contributed by atoms with Crippen molar-refractivity contribution in [2.45, 2.75) is 12.5 Å². The number of amides is 1. The molecule has 0 bridgehead atoms. The normalized spacial score (nSPS) is 11.7. The molecule has 1 N–H and O–H groups in total. The van der Waals surface area contributed by atoms with Gasteiger partial charge in [-0.15, -0.1) is 0 Å². The first-order valence-electron chi connectivity index (χ1n) is 10.1. The van der Waals surface area contributed by atoms with Crippen LogP contribution in [-0.2, 0) is 18.3 Å². The Kier molecular flexibility index (Phi) is 6.21. The molecule has 3 heterocycles. The van der Waals surface area contributed by atoms with Crippen molar-refractivity contribution >= 4 is 17.5 Å². The highest BCUT2D eigenvalue weighted by Gasteiger charge is 2.26. The Labute approximate surface area is 185 Å². The number of nitrogens with zero attached hydrogens (tertiary/aromatic N) is 5. The summed E-state index contributed by atoms with van der Waals surface area (Å²) in [6.45, 7) is 0. The third kappa shape index (κ3) is 4.80. The second kappa shape index (κ2) is 9.38. The van der Waals surface area contributed by atoms with E-state index in [1.165, 1.54) is 6.07 Å². The van der Waals surface area contributed by atoms with Crippen molar-refractivity contribution in [1.29, 1.82) is 0 Å². The molecule has 0 spiro atoms. The number of aryl methyl sites for hydroxylation is 1. The number of carbonyl (C=O) groups is 1. The molecule has 0 radical (unpaired) electrons. The molecule has 7 nitrogen and oxygen atoms in total. The van der Waals surface area contributed by atoms with Gasteiger partial charge in [-0.3, -0.25) is 14.5 Å². The average Bonchev–Trinajstić information content (AvgIpc) is 3.19. The van der Waals surface area contributed by atoms with Gasteiger partial charge in [0.05, 0.1) is 11.9 Å². The first kappa shape index (κ1) is 21.2. The number of hydrogen-bond acceptors (Lipinski definition) is 5. The largest absolute Gasteiger partial charge is 0.347 e. The number of benzene rings is 1. The maximum Gasteiger partial charge on any atom is 0.248 e.